The number of esters is 2. The zero-order chi connectivity index (χ0) is 54.8. The van der Waals surface area contributed by atoms with Crippen LogP contribution in [0.2, 0.25) is 0 Å². The van der Waals surface area contributed by atoms with Crippen LogP contribution in [0.25, 0.3) is 0 Å². The molecule has 0 N–H and O–H groups in total. The standard InChI is InChI=1S/C66H107NO8/c1-6-8-10-12-14-16-18-20-22-24-25-26-27-28-29-30-31-32-33-34-35-36-37-38-39-41-43-45-47-49-51-53-55-57-64(69)75-62(61-74-66(65(70)71)72-59-58-67(3,4)5)60-73-63(68)56-54-52-50-48-46-44-42-40-23-21-19-17-15-13-11-9-7-2/h8-11,14-17,20-23,25-26,28-29,31-32,42,44,48,50,62,66H,6-7,12-13,18-19,24,27,30,33-41,43,45-47,49,51-61H2,1-5H3/b10-8-,11-9-,16-14-,17-15-,22-20-,23-21-,26-25-,29-28-,32-31-,44-42-,50-48-. The van der Waals surface area contributed by atoms with Crippen molar-refractivity contribution < 1.29 is 42.9 Å². The summed E-state index contributed by atoms with van der Waals surface area (Å²) in [6.45, 7) is 4.43. The molecule has 0 spiro atoms. The highest BCUT2D eigenvalue weighted by molar-refractivity contribution is 5.70. The molecule has 75 heavy (non-hydrogen) atoms. The number of rotatable bonds is 52. The van der Waals surface area contributed by atoms with Crippen molar-refractivity contribution in [2.75, 3.05) is 47.5 Å². The minimum absolute atomic E-state index is 0.132. The number of hydrogen-bond acceptors (Lipinski definition) is 8. The highest BCUT2D eigenvalue weighted by atomic mass is 16.7. The van der Waals surface area contributed by atoms with Gasteiger partial charge in [0.15, 0.2) is 12.4 Å². The lowest BCUT2D eigenvalue weighted by atomic mass is 10.0. The summed E-state index contributed by atoms with van der Waals surface area (Å²) in [5.74, 6) is -2.37. The third kappa shape index (κ3) is 57.0. The molecule has 0 aromatic heterocycles. The first-order chi connectivity index (χ1) is 36.6. The predicted molar refractivity (Wildman–Crippen MR) is 315 cm³/mol. The van der Waals surface area contributed by atoms with Crippen molar-refractivity contribution in [3.63, 3.8) is 0 Å². The van der Waals surface area contributed by atoms with E-state index in [4.69, 9.17) is 18.9 Å². The topological polar surface area (TPSA) is 111 Å². The van der Waals surface area contributed by atoms with Gasteiger partial charge in [-0.1, -0.05) is 225 Å². The number of carboxylic acids is 1. The highest BCUT2D eigenvalue weighted by Gasteiger charge is 2.22. The molecule has 0 aromatic rings. The van der Waals surface area contributed by atoms with E-state index < -0.39 is 30.3 Å². The molecule has 0 radical (unpaired) electrons. The first-order valence-electron chi connectivity index (χ1n) is 29.3. The molecule has 0 heterocycles. The maximum atomic E-state index is 12.9. The van der Waals surface area contributed by atoms with Crippen molar-refractivity contribution in [3.05, 3.63) is 134 Å². The Morgan fingerprint density at radius 3 is 1.11 bits per heavy atom. The predicted octanol–water partition coefficient (Wildman–Crippen LogP) is 16.1. The van der Waals surface area contributed by atoms with E-state index >= 15 is 0 Å². The average Bonchev–Trinajstić information content (AvgIpc) is 3.38. The van der Waals surface area contributed by atoms with E-state index in [9.17, 15) is 19.5 Å². The lowest BCUT2D eigenvalue weighted by molar-refractivity contribution is -0.870. The number of quaternary nitrogens is 1. The number of carbonyl (C=O) groups is 3. The molecule has 0 aliphatic rings. The van der Waals surface area contributed by atoms with Crippen LogP contribution < -0.4 is 5.11 Å². The summed E-state index contributed by atoms with van der Waals surface area (Å²) in [7, 11) is 5.89. The molecule has 0 aliphatic heterocycles. The molecule has 0 fully saturated rings. The zero-order valence-electron chi connectivity index (χ0n) is 48.1. The van der Waals surface area contributed by atoms with Crippen molar-refractivity contribution in [3.8, 4) is 0 Å². The van der Waals surface area contributed by atoms with Crippen LogP contribution in [0, 0.1) is 0 Å². The van der Waals surface area contributed by atoms with Gasteiger partial charge in [0.05, 0.1) is 40.3 Å². The molecule has 0 bridgehead atoms. The number of allylic oxidation sites excluding steroid dienone is 22. The average molecular weight is 1040 g/mol. The van der Waals surface area contributed by atoms with Crippen LogP contribution in [-0.4, -0.2) is 82.3 Å². The van der Waals surface area contributed by atoms with E-state index in [0.717, 1.165) is 96.3 Å². The van der Waals surface area contributed by atoms with Crippen molar-refractivity contribution in [2.45, 2.75) is 219 Å². The fourth-order valence-corrected chi connectivity index (χ4v) is 7.46. The number of carboxylic acid groups (broad SMARTS) is 1. The van der Waals surface area contributed by atoms with Gasteiger partial charge in [0.25, 0.3) is 0 Å². The van der Waals surface area contributed by atoms with Gasteiger partial charge in [0.1, 0.15) is 13.2 Å². The summed E-state index contributed by atoms with van der Waals surface area (Å²) in [4.78, 5) is 37.2. The van der Waals surface area contributed by atoms with Crippen LogP contribution in [0.3, 0.4) is 0 Å². The van der Waals surface area contributed by atoms with Crippen LogP contribution in [0.5, 0.6) is 0 Å². The SMILES string of the molecule is CC/C=C\C/C=C\C/C=C\C/C=C\C/C=C\C/C=C\CCCCCCCCCCCCCCCCC(=O)OC(COC(=O)CCC/C=C\C/C=C\C/C=C\C/C=C\C/C=C\CC)COC(OCC[N+](C)(C)C)C(=O)[O-]. The maximum Gasteiger partial charge on any atom is 0.306 e. The van der Waals surface area contributed by atoms with E-state index in [0.29, 0.717) is 23.9 Å². The lowest BCUT2D eigenvalue weighted by Gasteiger charge is -2.26. The Kier molecular flexibility index (Phi) is 52.3. The van der Waals surface area contributed by atoms with Crippen molar-refractivity contribution in [1.82, 2.24) is 0 Å². The summed E-state index contributed by atoms with van der Waals surface area (Å²) in [5.41, 5.74) is 0. The fourth-order valence-electron chi connectivity index (χ4n) is 7.46. The van der Waals surface area contributed by atoms with Gasteiger partial charge in [-0.3, -0.25) is 9.59 Å². The third-order valence-corrected chi connectivity index (χ3v) is 11.9. The first kappa shape index (κ1) is 70.4. The van der Waals surface area contributed by atoms with Gasteiger partial charge in [-0.05, 0) is 103 Å². The van der Waals surface area contributed by atoms with Crippen LogP contribution in [0.15, 0.2) is 134 Å². The minimum Gasteiger partial charge on any atom is -0.545 e. The van der Waals surface area contributed by atoms with E-state index in [1.807, 2.05) is 21.1 Å². The van der Waals surface area contributed by atoms with Crippen molar-refractivity contribution in [2.24, 2.45) is 0 Å². The van der Waals surface area contributed by atoms with E-state index in [1.165, 1.54) is 70.6 Å². The van der Waals surface area contributed by atoms with Crippen LogP contribution in [-0.2, 0) is 33.3 Å². The molecule has 9 heteroatoms. The molecule has 9 nitrogen and oxygen atoms in total. The second-order valence-electron chi connectivity index (χ2n) is 20.2. The van der Waals surface area contributed by atoms with Crippen LogP contribution >= 0.6 is 0 Å². The number of likely N-dealkylation sites (N-methyl/N-ethyl adjacent to an activating group) is 1. The Bertz CT molecular complexity index is 1690. The molecular weight excluding hydrogens is 935 g/mol. The second kappa shape index (κ2) is 55.7. The van der Waals surface area contributed by atoms with Crippen LogP contribution in [0.4, 0.5) is 0 Å². The number of aliphatic carboxylic acids is 1. The van der Waals surface area contributed by atoms with Gasteiger partial charge >= 0.3 is 11.9 Å². The molecule has 0 amide bonds. The van der Waals surface area contributed by atoms with E-state index in [2.05, 4.69) is 148 Å². The Morgan fingerprint density at radius 1 is 0.400 bits per heavy atom. The Morgan fingerprint density at radius 2 is 0.733 bits per heavy atom. The fraction of sp³-hybridized carbons (Fsp3) is 0.621. The van der Waals surface area contributed by atoms with Gasteiger partial charge in [0.2, 0.25) is 0 Å². The third-order valence-electron chi connectivity index (χ3n) is 11.9. The van der Waals surface area contributed by atoms with Gasteiger partial charge in [-0.2, -0.15) is 0 Å². The van der Waals surface area contributed by atoms with Crippen molar-refractivity contribution >= 4 is 17.9 Å². The Labute approximate surface area is 459 Å². The molecule has 0 saturated carbocycles. The largest absolute Gasteiger partial charge is 0.545 e. The summed E-state index contributed by atoms with van der Waals surface area (Å²) < 4.78 is 22.6. The summed E-state index contributed by atoms with van der Waals surface area (Å²) in [6, 6.07) is 0. The number of carbonyl (C=O) groups excluding carboxylic acids is 3. The molecule has 2 atom stereocenters. The smallest absolute Gasteiger partial charge is 0.306 e. The zero-order valence-corrected chi connectivity index (χ0v) is 48.1. The summed E-state index contributed by atoms with van der Waals surface area (Å²) >= 11 is 0. The quantitative estimate of drug-likeness (QED) is 0.0195. The minimum atomic E-state index is -1.64. The molecule has 0 aliphatic carbocycles. The van der Waals surface area contributed by atoms with Gasteiger partial charge in [0, 0.05) is 12.8 Å². The molecular formula is C66H107NO8. The highest BCUT2D eigenvalue weighted by Crippen LogP contribution is 2.15. The number of ether oxygens (including phenoxy) is 4. The normalized spacial score (nSPS) is 13.8. The number of hydrogen-bond donors (Lipinski definition) is 0. The molecule has 0 rings (SSSR count). The monoisotopic (exact) mass is 1040 g/mol. The molecule has 424 valence electrons. The van der Waals surface area contributed by atoms with Crippen LogP contribution in [0.1, 0.15) is 206 Å². The summed E-state index contributed by atoms with van der Waals surface area (Å²) in [5, 5.41) is 11.8. The number of nitrogens with zero attached hydrogens (tertiary/aromatic N) is 1. The summed E-state index contributed by atoms with van der Waals surface area (Å²) in [6.07, 6.45) is 76.6. The second-order valence-corrected chi connectivity index (χ2v) is 20.2. The van der Waals surface area contributed by atoms with Gasteiger partial charge in [-0.25, -0.2) is 0 Å². The van der Waals surface area contributed by atoms with Gasteiger partial charge in [-0.15, -0.1) is 0 Å². The van der Waals surface area contributed by atoms with E-state index in [-0.39, 0.29) is 32.7 Å². The molecule has 0 saturated heterocycles. The Hall–Kier alpha value is -4.57. The van der Waals surface area contributed by atoms with Gasteiger partial charge < -0.3 is 33.3 Å². The maximum absolute atomic E-state index is 12.9. The van der Waals surface area contributed by atoms with E-state index in [1.54, 1.807) is 0 Å². The first-order valence-corrected chi connectivity index (χ1v) is 29.3. The Balaban J connectivity index is 4.24. The lowest BCUT2D eigenvalue weighted by Crippen LogP contribution is -2.44. The van der Waals surface area contributed by atoms with Crippen molar-refractivity contribution in [1.29, 1.82) is 0 Å². The number of unbranched alkanes of at least 4 members (excludes halogenated alkanes) is 15. The molecule has 0 aromatic carbocycles. The molecule has 2 unspecified atom stereocenters.